The third kappa shape index (κ3) is 5.54. The second-order valence-corrected chi connectivity index (χ2v) is 6.64. The normalized spacial score (nSPS) is 12.8. The number of carbonyl (C=O) groups excluding carboxylic acids is 1. The van der Waals surface area contributed by atoms with Gasteiger partial charge in [-0.15, -0.1) is 0 Å². The molecule has 1 aromatic rings. The quantitative estimate of drug-likeness (QED) is 0.783. The van der Waals surface area contributed by atoms with E-state index in [0.717, 1.165) is 0 Å². The molecule has 1 amide bonds. The zero-order valence-electron chi connectivity index (χ0n) is 11.2. The molecule has 0 aliphatic carbocycles. The molecule has 8 heteroatoms. The molecule has 1 unspecified atom stereocenters. The number of carbonyl (C=O) groups is 2. The maximum Gasteiger partial charge on any atom is 0.408 e. The van der Waals surface area contributed by atoms with Crippen LogP contribution in [0, 0.1) is 0 Å². The molecule has 0 saturated carbocycles. The third-order valence-electron chi connectivity index (χ3n) is 2.08. The van der Waals surface area contributed by atoms with Crippen molar-refractivity contribution in [3.63, 3.8) is 0 Å². The molecule has 0 aliphatic rings. The lowest BCUT2D eigenvalue weighted by Crippen LogP contribution is -2.35. The number of nitrogens with one attached hydrogen (secondary N) is 1. The van der Waals surface area contributed by atoms with Crippen molar-refractivity contribution in [2.24, 2.45) is 0 Å². The second-order valence-electron chi connectivity index (χ2n) is 5.07. The Kier molecular flexibility index (Phi) is 5.64. The molecule has 2 N–H and O–H groups in total. The standard InChI is InChI=1S/C12H15Br2NO5/c1-12(2,3)20-11(18)15-7(5-9(16)17)8-4-6(13)10(14)19-8/h4,7H,5H2,1-3H3,(H,15,18)(H,16,17). The first-order chi connectivity index (χ1) is 9.08. The van der Waals surface area contributed by atoms with Gasteiger partial charge in [0.25, 0.3) is 0 Å². The summed E-state index contributed by atoms with van der Waals surface area (Å²) in [5.74, 6) is -0.744. The van der Waals surface area contributed by atoms with Gasteiger partial charge in [0, 0.05) is 0 Å². The molecule has 0 bridgehead atoms. The van der Waals surface area contributed by atoms with Crippen molar-refractivity contribution in [1.29, 1.82) is 0 Å². The van der Waals surface area contributed by atoms with Crippen LogP contribution in [0.2, 0.25) is 0 Å². The Morgan fingerprint density at radius 3 is 2.45 bits per heavy atom. The van der Waals surface area contributed by atoms with Crippen LogP contribution in [0.1, 0.15) is 39.0 Å². The Hall–Kier alpha value is -1.02. The Labute approximate surface area is 133 Å². The SMILES string of the molecule is CC(C)(C)OC(=O)NC(CC(=O)O)c1cc(Br)c(Br)o1. The number of furan rings is 1. The van der Waals surface area contributed by atoms with Gasteiger partial charge >= 0.3 is 12.1 Å². The van der Waals surface area contributed by atoms with E-state index in [9.17, 15) is 9.59 Å². The topological polar surface area (TPSA) is 88.8 Å². The first-order valence-corrected chi connectivity index (χ1v) is 7.33. The fraction of sp³-hybridized carbons (Fsp3) is 0.500. The van der Waals surface area contributed by atoms with Crippen molar-refractivity contribution in [1.82, 2.24) is 5.32 Å². The summed E-state index contributed by atoms with van der Waals surface area (Å²) in [6.45, 7) is 5.16. The lowest BCUT2D eigenvalue weighted by molar-refractivity contribution is -0.137. The lowest BCUT2D eigenvalue weighted by atomic mass is 10.1. The van der Waals surface area contributed by atoms with E-state index < -0.39 is 23.7 Å². The van der Waals surface area contributed by atoms with Crippen LogP contribution in [0.25, 0.3) is 0 Å². The van der Waals surface area contributed by atoms with Crippen LogP contribution in [0.4, 0.5) is 4.79 Å². The summed E-state index contributed by atoms with van der Waals surface area (Å²) in [6.07, 6.45) is -1.02. The number of carboxylic acids is 1. The van der Waals surface area contributed by atoms with E-state index in [4.69, 9.17) is 14.3 Å². The zero-order chi connectivity index (χ0) is 15.5. The molecule has 20 heavy (non-hydrogen) atoms. The van der Waals surface area contributed by atoms with Crippen LogP contribution < -0.4 is 5.32 Å². The number of aliphatic carboxylic acids is 1. The molecule has 0 fully saturated rings. The predicted octanol–water partition coefficient (Wildman–Crippen LogP) is 3.85. The van der Waals surface area contributed by atoms with Gasteiger partial charge in [-0.25, -0.2) is 4.79 Å². The van der Waals surface area contributed by atoms with E-state index in [1.165, 1.54) is 0 Å². The third-order valence-corrected chi connectivity index (χ3v) is 3.79. The average molecular weight is 413 g/mol. The van der Waals surface area contributed by atoms with E-state index in [1.54, 1.807) is 26.8 Å². The van der Waals surface area contributed by atoms with Crippen LogP contribution in [0.15, 0.2) is 19.6 Å². The Bertz CT molecular complexity index is 487. The molecule has 1 rings (SSSR count). The van der Waals surface area contributed by atoms with E-state index in [1.807, 2.05) is 0 Å². The lowest BCUT2D eigenvalue weighted by Gasteiger charge is -2.22. The molecule has 1 heterocycles. The largest absolute Gasteiger partial charge is 0.481 e. The van der Waals surface area contributed by atoms with Crippen molar-refractivity contribution in [3.05, 3.63) is 21.0 Å². The molecule has 6 nitrogen and oxygen atoms in total. The summed E-state index contributed by atoms with van der Waals surface area (Å²) >= 11 is 6.39. The van der Waals surface area contributed by atoms with Crippen molar-refractivity contribution in [2.45, 2.75) is 38.8 Å². The molecule has 0 aromatic carbocycles. The van der Waals surface area contributed by atoms with Crippen LogP contribution in [0.5, 0.6) is 0 Å². The summed E-state index contributed by atoms with van der Waals surface area (Å²) in [5.41, 5.74) is -0.664. The van der Waals surface area contributed by atoms with Gasteiger partial charge in [0.1, 0.15) is 17.4 Å². The van der Waals surface area contributed by atoms with Gasteiger partial charge in [0.15, 0.2) is 4.67 Å². The average Bonchev–Trinajstić information content (AvgIpc) is 2.54. The fourth-order valence-corrected chi connectivity index (χ4v) is 1.99. The number of hydrogen-bond acceptors (Lipinski definition) is 4. The second kappa shape index (κ2) is 6.62. The molecule has 0 aliphatic heterocycles. The van der Waals surface area contributed by atoms with Crippen molar-refractivity contribution < 1.29 is 23.8 Å². The number of amides is 1. The number of carboxylic acid groups (broad SMARTS) is 1. The highest BCUT2D eigenvalue weighted by Gasteiger charge is 2.25. The number of rotatable bonds is 4. The van der Waals surface area contributed by atoms with Gasteiger partial charge in [0.05, 0.1) is 10.9 Å². The monoisotopic (exact) mass is 411 g/mol. The first-order valence-electron chi connectivity index (χ1n) is 5.74. The predicted molar refractivity (Wildman–Crippen MR) is 78.5 cm³/mol. The van der Waals surface area contributed by atoms with Crippen LogP contribution in [0.3, 0.4) is 0 Å². The van der Waals surface area contributed by atoms with Crippen LogP contribution >= 0.6 is 31.9 Å². The van der Waals surface area contributed by atoms with Gasteiger partial charge in [0.2, 0.25) is 0 Å². The number of halogens is 2. The van der Waals surface area contributed by atoms with Crippen molar-refractivity contribution >= 4 is 43.9 Å². The molecule has 0 spiro atoms. The number of alkyl carbamates (subject to hydrolysis) is 1. The van der Waals surface area contributed by atoms with Gasteiger partial charge in [-0.1, -0.05) is 0 Å². The Morgan fingerprint density at radius 1 is 1.45 bits per heavy atom. The van der Waals surface area contributed by atoms with E-state index >= 15 is 0 Å². The van der Waals surface area contributed by atoms with Crippen molar-refractivity contribution in [3.8, 4) is 0 Å². The van der Waals surface area contributed by atoms with Crippen LogP contribution in [-0.4, -0.2) is 22.8 Å². The molecular formula is C12H15Br2NO5. The first kappa shape index (κ1) is 17.0. The maximum atomic E-state index is 11.7. The van der Waals surface area contributed by atoms with E-state index in [2.05, 4.69) is 37.2 Å². The molecule has 1 aromatic heterocycles. The molecule has 0 radical (unpaired) electrons. The minimum atomic E-state index is -1.06. The molecule has 0 saturated heterocycles. The van der Waals surface area contributed by atoms with Gasteiger partial charge in [-0.3, -0.25) is 4.79 Å². The van der Waals surface area contributed by atoms with Gasteiger partial charge in [-0.05, 0) is 58.7 Å². The summed E-state index contributed by atoms with van der Waals surface area (Å²) < 4.78 is 11.5. The zero-order valence-corrected chi connectivity index (χ0v) is 14.4. The fourth-order valence-electron chi connectivity index (χ4n) is 1.38. The molecule has 112 valence electrons. The molecular weight excluding hydrogens is 398 g/mol. The minimum absolute atomic E-state index is 0.314. The highest BCUT2D eigenvalue weighted by atomic mass is 79.9. The molecule has 1 atom stereocenters. The Morgan fingerprint density at radius 2 is 2.05 bits per heavy atom. The van der Waals surface area contributed by atoms with E-state index in [0.29, 0.717) is 14.9 Å². The number of ether oxygens (including phenoxy) is 1. The summed E-state index contributed by atoms with van der Waals surface area (Å²) in [5, 5.41) is 11.4. The highest BCUT2D eigenvalue weighted by Crippen LogP contribution is 2.31. The highest BCUT2D eigenvalue weighted by molar-refractivity contribution is 9.13. The minimum Gasteiger partial charge on any atom is -0.481 e. The summed E-state index contributed by atoms with van der Waals surface area (Å²) in [6, 6.07) is 0.777. The van der Waals surface area contributed by atoms with Gasteiger partial charge in [-0.2, -0.15) is 0 Å². The van der Waals surface area contributed by atoms with Crippen molar-refractivity contribution in [2.75, 3.05) is 0 Å². The smallest absolute Gasteiger partial charge is 0.408 e. The summed E-state index contributed by atoms with van der Waals surface area (Å²) in [7, 11) is 0. The Balaban J connectivity index is 2.85. The van der Waals surface area contributed by atoms with E-state index in [-0.39, 0.29) is 6.42 Å². The maximum absolute atomic E-state index is 11.7. The van der Waals surface area contributed by atoms with Gasteiger partial charge < -0.3 is 19.6 Å². The summed E-state index contributed by atoms with van der Waals surface area (Å²) in [4.78, 5) is 22.6. The number of hydrogen-bond donors (Lipinski definition) is 2. The van der Waals surface area contributed by atoms with Crippen LogP contribution in [-0.2, 0) is 9.53 Å².